The summed E-state index contributed by atoms with van der Waals surface area (Å²) in [6.07, 6.45) is 1.15. The average molecular weight is 439 g/mol. The third kappa shape index (κ3) is 9.09. The van der Waals surface area contributed by atoms with Crippen LogP contribution in [0.1, 0.15) is 26.7 Å². The first kappa shape index (κ1) is 21.0. The van der Waals surface area contributed by atoms with E-state index in [0.717, 1.165) is 24.7 Å². The van der Waals surface area contributed by atoms with Gasteiger partial charge >= 0.3 is 0 Å². The zero-order valence-corrected chi connectivity index (χ0v) is 16.1. The van der Waals surface area contributed by atoms with Gasteiger partial charge in [-0.1, -0.05) is 11.6 Å². The molecular formula is C15H24ClIN4O. The van der Waals surface area contributed by atoms with Gasteiger partial charge in [0, 0.05) is 36.8 Å². The highest BCUT2D eigenvalue weighted by molar-refractivity contribution is 14.0. The third-order valence-electron chi connectivity index (χ3n) is 2.65. The predicted octanol–water partition coefficient (Wildman–Crippen LogP) is 3.25. The van der Waals surface area contributed by atoms with Crippen molar-refractivity contribution in [3.8, 4) is 0 Å². The molecular weight excluding hydrogens is 415 g/mol. The molecule has 0 saturated heterocycles. The van der Waals surface area contributed by atoms with Gasteiger partial charge in [-0.15, -0.1) is 24.0 Å². The Morgan fingerprint density at radius 3 is 2.27 bits per heavy atom. The van der Waals surface area contributed by atoms with Crippen molar-refractivity contribution in [2.24, 2.45) is 4.99 Å². The van der Waals surface area contributed by atoms with Gasteiger partial charge < -0.3 is 16.0 Å². The SMILES string of the molecule is CCNC(=NCCCC(=O)Nc1ccc(Cl)cc1)NCC.I. The van der Waals surface area contributed by atoms with Gasteiger partial charge in [0.25, 0.3) is 0 Å². The number of rotatable bonds is 7. The van der Waals surface area contributed by atoms with Crippen LogP contribution in [0.5, 0.6) is 0 Å². The Bertz CT molecular complexity index is 457. The maximum Gasteiger partial charge on any atom is 0.224 e. The predicted molar refractivity (Wildman–Crippen MR) is 104 cm³/mol. The number of nitrogens with zero attached hydrogens (tertiary/aromatic N) is 1. The number of halogens is 2. The maximum absolute atomic E-state index is 11.8. The number of guanidine groups is 1. The molecule has 0 spiro atoms. The van der Waals surface area contributed by atoms with E-state index < -0.39 is 0 Å². The first-order chi connectivity index (χ1) is 10.2. The van der Waals surface area contributed by atoms with E-state index in [1.54, 1.807) is 24.3 Å². The van der Waals surface area contributed by atoms with Crippen LogP contribution in [0, 0.1) is 0 Å². The zero-order chi connectivity index (χ0) is 15.5. The number of hydrogen-bond donors (Lipinski definition) is 3. The van der Waals surface area contributed by atoms with Crippen molar-refractivity contribution in [3.63, 3.8) is 0 Å². The molecule has 1 aromatic rings. The van der Waals surface area contributed by atoms with E-state index in [1.165, 1.54) is 0 Å². The number of benzene rings is 1. The van der Waals surface area contributed by atoms with Crippen LogP contribution in [0.2, 0.25) is 5.02 Å². The molecule has 0 atom stereocenters. The van der Waals surface area contributed by atoms with E-state index in [1.807, 2.05) is 13.8 Å². The van der Waals surface area contributed by atoms with Crippen LogP contribution in [0.4, 0.5) is 5.69 Å². The minimum atomic E-state index is -0.0130. The molecule has 0 aliphatic rings. The molecule has 3 N–H and O–H groups in total. The second-order valence-corrected chi connectivity index (χ2v) is 4.89. The van der Waals surface area contributed by atoms with Gasteiger partial charge in [-0.2, -0.15) is 0 Å². The van der Waals surface area contributed by atoms with E-state index in [9.17, 15) is 4.79 Å². The van der Waals surface area contributed by atoms with Crippen molar-refractivity contribution in [2.45, 2.75) is 26.7 Å². The molecule has 22 heavy (non-hydrogen) atoms. The van der Waals surface area contributed by atoms with Crippen LogP contribution >= 0.6 is 35.6 Å². The van der Waals surface area contributed by atoms with Crippen LogP contribution < -0.4 is 16.0 Å². The van der Waals surface area contributed by atoms with Gasteiger partial charge in [0.15, 0.2) is 5.96 Å². The summed E-state index contributed by atoms with van der Waals surface area (Å²) in [6, 6.07) is 7.07. The van der Waals surface area contributed by atoms with E-state index in [4.69, 9.17) is 11.6 Å². The minimum absolute atomic E-state index is 0. The van der Waals surface area contributed by atoms with Gasteiger partial charge in [-0.05, 0) is 44.5 Å². The Kier molecular flexibility index (Phi) is 11.9. The van der Waals surface area contributed by atoms with Crippen molar-refractivity contribution in [1.29, 1.82) is 0 Å². The molecule has 0 aromatic heterocycles. The Balaban J connectivity index is 0.00000441. The van der Waals surface area contributed by atoms with E-state index >= 15 is 0 Å². The zero-order valence-electron chi connectivity index (χ0n) is 13.0. The molecule has 0 fully saturated rings. The number of nitrogens with one attached hydrogen (secondary N) is 3. The van der Waals surface area contributed by atoms with Crippen LogP contribution in [-0.4, -0.2) is 31.5 Å². The molecule has 0 bridgehead atoms. The fraction of sp³-hybridized carbons (Fsp3) is 0.467. The summed E-state index contributed by atoms with van der Waals surface area (Å²) in [5, 5.41) is 9.77. The van der Waals surface area contributed by atoms with Crippen LogP contribution in [0.15, 0.2) is 29.3 Å². The Labute approximate surface area is 154 Å². The standard InChI is InChI=1S/C15H23ClN4O.HI/c1-3-17-15(18-4-2)19-11-5-6-14(21)20-13-9-7-12(16)8-10-13;/h7-10H,3-6,11H2,1-2H3,(H,20,21)(H2,17,18,19);1H. The normalized spacial score (nSPS) is 9.41. The van der Waals surface area contributed by atoms with Gasteiger partial charge in [0.05, 0.1) is 0 Å². The molecule has 7 heteroatoms. The van der Waals surface area contributed by atoms with Crippen LogP contribution in [-0.2, 0) is 4.79 Å². The molecule has 0 heterocycles. The van der Waals surface area contributed by atoms with Crippen molar-refractivity contribution in [2.75, 3.05) is 25.0 Å². The van der Waals surface area contributed by atoms with Crippen LogP contribution in [0.25, 0.3) is 0 Å². The quantitative estimate of drug-likeness (QED) is 0.265. The number of anilines is 1. The number of aliphatic imine (C=N–C) groups is 1. The van der Waals surface area contributed by atoms with Crippen molar-refractivity contribution < 1.29 is 4.79 Å². The summed E-state index contributed by atoms with van der Waals surface area (Å²) in [7, 11) is 0. The molecule has 1 amide bonds. The van der Waals surface area contributed by atoms with Gasteiger partial charge in [0.2, 0.25) is 5.91 Å². The second-order valence-electron chi connectivity index (χ2n) is 4.45. The van der Waals surface area contributed by atoms with E-state index in [2.05, 4.69) is 20.9 Å². The summed E-state index contributed by atoms with van der Waals surface area (Å²) in [4.78, 5) is 16.2. The Hall–Kier alpha value is -1.02. The molecule has 0 aliphatic carbocycles. The molecule has 0 saturated carbocycles. The summed E-state index contributed by atoms with van der Waals surface area (Å²) < 4.78 is 0. The smallest absolute Gasteiger partial charge is 0.224 e. The van der Waals surface area contributed by atoms with Crippen molar-refractivity contribution >= 4 is 53.1 Å². The minimum Gasteiger partial charge on any atom is -0.357 e. The highest BCUT2D eigenvalue weighted by Gasteiger charge is 2.02. The number of carbonyl (C=O) groups excluding carboxylic acids is 1. The largest absolute Gasteiger partial charge is 0.357 e. The number of hydrogen-bond acceptors (Lipinski definition) is 2. The summed E-state index contributed by atoms with van der Waals surface area (Å²) >= 11 is 5.79. The summed E-state index contributed by atoms with van der Waals surface area (Å²) in [6.45, 7) is 6.30. The highest BCUT2D eigenvalue weighted by Crippen LogP contribution is 2.13. The number of amides is 1. The molecule has 0 aliphatic heterocycles. The monoisotopic (exact) mass is 438 g/mol. The average Bonchev–Trinajstić information content (AvgIpc) is 2.46. The van der Waals surface area contributed by atoms with Crippen molar-refractivity contribution in [3.05, 3.63) is 29.3 Å². The molecule has 5 nitrogen and oxygen atoms in total. The van der Waals surface area contributed by atoms with Gasteiger partial charge in [-0.25, -0.2) is 0 Å². The Morgan fingerprint density at radius 2 is 1.73 bits per heavy atom. The Morgan fingerprint density at radius 1 is 1.14 bits per heavy atom. The first-order valence-electron chi connectivity index (χ1n) is 7.23. The van der Waals surface area contributed by atoms with E-state index in [-0.39, 0.29) is 29.9 Å². The lowest BCUT2D eigenvalue weighted by atomic mass is 10.2. The molecule has 1 rings (SSSR count). The lowest BCUT2D eigenvalue weighted by Gasteiger charge is -2.09. The fourth-order valence-corrected chi connectivity index (χ4v) is 1.82. The summed E-state index contributed by atoms with van der Waals surface area (Å²) in [5.41, 5.74) is 0.758. The summed E-state index contributed by atoms with van der Waals surface area (Å²) in [5.74, 6) is 0.777. The third-order valence-corrected chi connectivity index (χ3v) is 2.90. The lowest BCUT2D eigenvalue weighted by molar-refractivity contribution is -0.116. The highest BCUT2D eigenvalue weighted by atomic mass is 127. The lowest BCUT2D eigenvalue weighted by Crippen LogP contribution is -2.37. The first-order valence-corrected chi connectivity index (χ1v) is 7.61. The molecule has 0 unspecified atom stereocenters. The van der Waals surface area contributed by atoms with Gasteiger partial charge in [0.1, 0.15) is 0 Å². The number of carbonyl (C=O) groups is 1. The fourth-order valence-electron chi connectivity index (χ4n) is 1.70. The maximum atomic E-state index is 11.8. The van der Waals surface area contributed by atoms with Gasteiger partial charge in [-0.3, -0.25) is 9.79 Å². The van der Waals surface area contributed by atoms with Crippen molar-refractivity contribution in [1.82, 2.24) is 10.6 Å². The second kappa shape index (κ2) is 12.5. The molecule has 0 radical (unpaired) electrons. The molecule has 1 aromatic carbocycles. The van der Waals surface area contributed by atoms with Crippen LogP contribution in [0.3, 0.4) is 0 Å². The topological polar surface area (TPSA) is 65.5 Å². The molecule has 124 valence electrons. The van der Waals surface area contributed by atoms with E-state index in [0.29, 0.717) is 24.4 Å².